The van der Waals surface area contributed by atoms with Gasteiger partial charge < -0.3 is 31.3 Å². The second kappa shape index (κ2) is 10.1. The normalized spacial score (nSPS) is 35.0. The Labute approximate surface area is 215 Å². The van der Waals surface area contributed by atoms with Gasteiger partial charge in [0.15, 0.2) is 0 Å². The molecule has 36 heavy (non-hydrogen) atoms. The van der Waals surface area contributed by atoms with Gasteiger partial charge in [-0.25, -0.2) is 4.79 Å². The van der Waals surface area contributed by atoms with Crippen molar-refractivity contribution in [2.24, 2.45) is 29.4 Å². The van der Waals surface area contributed by atoms with Gasteiger partial charge in [-0.2, -0.15) is 0 Å². The van der Waals surface area contributed by atoms with Crippen LogP contribution in [-0.2, 0) is 19.2 Å². The first-order valence-corrected chi connectivity index (χ1v) is 14.0. The van der Waals surface area contributed by atoms with E-state index >= 15 is 0 Å². The molecule has 0 bridgehead atoms. The van der Waals surface area contributed by atoms with E-state index in [0.717, 1.165) is 19.5 Å². The standard InChI is InChI=1S/C25H37N5O5S/c1-12(5-16(31)6-14-8-27-9-14)19-20-13(2)22(21(25(34)35)30(20)24(19)33)36-17-7-18(28-10-17)23(32)29-4-3-15(26)11-29/h12-15,17-20,27-28H,3-11,26H2,1-2H3,(H,34,35)/t12?,13-,15-,17+,18?,19-,20-/m1/s1. The molecular weight excluding hydrogens is 482 g/mol. The molecule has 5 rings (SSSR count). The number of likely N-dealkylation sites (tertiary alicyclic amines) is 1. The van der Waals surface area contributed by atoms with Crippen molar-refractivity contribution in [3.63, 3.8) is 0 Å². The molecule has 5 heterocycles. The van der Waals surface area contributed by atoms with Gasteiger partial charge >= 0.3 is 5.97 Å². The highest BCUT2D eigenvalue weighted by molar-refractivity contribution is 8.03. The summed E-state index contributed by atoms with van der Waals surface area (Å²) in [7, 11) is 0. The minimum atomic E-state index is -1.09. The summed E-state index contributed by atoms with van der Waals surface area (Å²) in [5.41, 5.74) is 6.04. The van der Waals surface area contributed by atoms with E-state index in [1.54, 1.807) is 0 Å². The first kappa shape index (κ1) is 25.7. The van der Waals surface area contributed by atoms with Crippen molar-refractivity contribution >= 4 is 35.3 Å². The lowest BCUT2D eigenvalue weighted by atomic mass is 9.73. The van der Waals surface area contributed by atoms with Gasteiger partial charge in [0.25, 0.3) is 0 Å². The van der Waals surface area contributed by atoms with Gasteiger partial charge in [-0.05, 0) is 37.8 Å². The number of carbonyl (C=O) groups excluding carboxylic acids is 3. The summed E-state index contributed by atoms with van der Waals surface area (Å²) in [5.74, 6) is -1.23. The number of hydrogen-bond acceptors (Lipinski definition) is 8. The number of rotatable bonds is 9. The molecule has 2 amide bonds. The van der Waals surface area contributed by atoms with Crippen molar-refractivity contribution in [3.8, 4) is 0 Å². The summed E-state index contributed by atoms with van der Waals surface area (Å²) in [5, 5.41) is 16.5. The van der Waals surface area contributed by atoms with Crippen molar-refractivity contribution in [2.45, 2.75) is 62.9 Å². The molecule has 0 aliphatic carbocycles. The third-order valence-corrected chi connectivity index (χ3v) is 10.1. The van der Waals surface area contributed by atoms with E-state index in [1.807, 2.05) is 18.7 Å². The highest BCUT2D eigenvalue weighted by atomic mass is 32.2. The van der Waals surface area contributed by atoms with Crippen LogP contribution in [0.5, 0.6) is 0 Å². The SMILES string of the molecule is CC(CC(=O)CC1CNC1)[C@H]1C(=O)N2C(C(=O)O)=C(S[C@@H]3CNC(C(=O)N4CC[C@@H](N)C4)C3)[C@H](C)[C@H]12. The van der Waals surface area contributed by atoms with Crippen LogP contribution in [0.2, 0.25) is 0 Å². The second-order valence-corrected chi connectivity index (χ2v) is 12.6. The van der Waals surface area contributed by atoms with Crippen molar-refractivity contribution < 1.29 is 24.3 Å². The van der Waals surface area contributed by atoms with Gasteiger partial charge in [0, 0.05) is 54.6 Å². The first-order valence-electron chi connectivity index (χ1n) is 13.1. The molecule has 0 aromatic rings. The fourth-order valence-corrected chi connectivity index (χ4v) is 8.00. The number of fused-ring (bicyclic) bond motifs is 1. The first-order chi connectivity index (χ1) is 17.2. The van der Waals surface area contributed by atoms with Crippen molar-refractivity contribution in [3.05, 3.63) is 10.6 Å². The highest BCUT2D eigenvalue weighted by Crippen LogP contribution is 2.53. The Bertz CT molecular complexity index is 984. The zero-order valence-electron chi connectivity index (χ0n) is 20.9. The minimum absolute atomic E-state index is 0.0334. The predicted molar refractivity (Wildman–Crippen MR) is 135 cm³/mol. The monoisotopic (exact) mass is 519 g/mol. The molecule has 0 radical (unpaired) electrons. The van der Waals surface area contributed by atoms with Crippen LogP contribution in [0, 0.1) is 23.7 Å². The highest BCUT2D eigenvalue weighted by Gasteiger charge is 2.60. The maximum Gasteiger partial charge on any atom is 0.353 e. The smallest absolute Gasteiger partial charge is 0.353 e. The Balaban J connectivity index is 1.23. The Hall–Kier alpha value is -1.95. The van der Waals surface area contributed by atoms with Crippen LogP contribution in [0.1, 0.15) is 39.5 Å². The lowest BCUT2D eigenvalue weighted by Gasteiger charge is -2.47. The summed E-state index contributed by atoms with van der Waals surface area (Å²) in [6, 6.07) is -0.482. The molecular formula is C25H37N5O5S. The van der Waals surface area contributed by atoms with E-state index in [9.17, 15) is 24.3 Å². The fourth-order valence-electron chi connectivity index (χ4n) is 6.52. The van der Waals surface area contributed by atoms with E-state index in [1.165, 1.54) is 16.7 Å². The summed E-state index contributed by atoms with van der Waals surface area (Å²) >= 11 is 1.49. The van der Waals surface area contributed by atoms with Crippen LogP contribution < -0.4 is 16.4 Å². The summed E-state index contributed by atoms with van der Waals surface area (Å²) < 4.78 is 0. The molecule has 5 N–H and O–H groups in total. The molecule has 5 aliphatic rings. The quantitative estimate of drug-likeness (QED) is 0.309. The van der Waals surface area contributed by atoms with Crippen LogP contribution >= 0.6 is 11.8 Å². The number of aliphatic carboxylic acids is 1. The van der Waals surface area contributed by atoms with Gasteiger partial charge in [0.2, 0.25) is 11.8 Å². The van der Waals surface area contributed by atoms with Gasteiger partial charge in [0.1, 0.15) is 11.5 Å². The number of nitrogens with two attached hydrogens (primary N) is 1. The average molecular weight is 520 g/mol. The molecule has 0 spiro atoms. The molecule has 198 valence electrons. The summed E-state index contributed by atoms with van der Waals surface area (Å²) in [6.45, 7) is 7.54. The zero-order chi connectivity index (χ0) is 25.7. The van der Waals surface area contributed by atoms with Gasteiger partial charge in [-0.15, -0.1) is 11.8 Å². The van der Waals surface area contributed by atoms with Gasteiger partial charge in [-0.1, -0.05) is 13.8 Å². The Morgan fingerprint density at radius 2 is 2.00 bits per heavy atom. The molecule has 4 fully saturated rings. The Morgan fingerprint density at radius 3 is 2.61 bits per heavy atom. The van der Waals surface area contributed by atoms with E-state index < -0.39 is 5.97 Å². The van der Waals surface area contributed by atoms with Crippen LogP contribution in [0.25, 0.3) is 0 Å². The van der Waals surface area contributed by atoms with Crippen molar-refractivity contribution in [1.82, 2.24) is 20.4 Å². The number of carboxylic acid groups (broad SMARTS) is 1. The molecule has 4 saturated heterocycles. The topological polar surface area (TPSA) is 145 Å². The van der Waals surface area contributed by atoms with Crippen LogP contribution in [0.15, 0.2) is 10.6 Å². The third kappa shape index (κ3) is 4.59. The second-order valence-electron chi connectivity index (χ2n) is 11.2. The van der Waals surface area contributed by atoms with Crippen LogP contribution in [-0.4, -0.2) is 94.6 Å². The van der Waals surface area contributed by atoms with Gasteiger partial charge in [0.05, 0.1) is 18.0 Å². The molecule has 5 aliphatic heterocycles. The third-order valence-electron chi connectivity index (χ3n) is 8.56. The van der Waals surface area contributed by atoms with E-state index in [-0.39, 0.29) is 64.4 Å². The average Bonchev–Trinajstić information content (AvgIpc) is 3.49. The van der Waals surface area contributed by atoms with Crippen molar-refractivity contribution in [2.75, 3.05) is 32.7 Å². The number of nitrogens with one attached hydrogen (secondary N) is 2. The van der Waals surface area contributed by atoms with Gasteiger partial charge in [-0.3, -0.25) is 14.4 Å². The number of nitrogens with zero attached hydrogens (tertiary/aromatic N) is 2. The lowest BCUT2D eigenvalue weighted by molar-refractivity contribution is -0.160. The molecule has 0 saturated carbocycles. The Kier molecular flexibility index (Phi) is 7.19. The van der Waals surface area contributed by atoms with Crippen molar-refractivity contribution in [1.29, 1.82) is 0 Å². The number of Topliss-reactive ketones (excluding diaryl/α,β-unsaturated/α-hetero) is 1. The number of carboxylic acids is 1. The summed E-state index contributed by atoms with van der Waals surface area (Å²) in [4.78, 5) is 54.8. The largest absolute Gasteiger partial charge is 0.477 e. The van der Waals surface area contributed by atoms with E-state index in [4.69, 9.17) is 5.73 Å². The number of amides is 2. The Morgan fingerprint density at radius 1 is 1.25 bits per heavy atom. The van der Waals surface area contributed by atoms with Crippen LogP contribution in [0.4, 0.5) is 0 Å². The molecule has 0 aromatic heterocycles. The molecule has 10 nitrogen and oxygen atoms in total. The zero-order valence-corrected chi connectivity index (χ0v) is 21.8. The maximum atomic E-state index is 13.1. The number of thioether (sulfide) groups is 1. The number of hydrogen-bond donors (Lipinski definition) is 4. The van der Waals surface area contributed by atoms with E-state index in [0.29, 0.717) is 49.7 Å². The maximum absolute atomic E-state index is 13.1. The lowest BCUT2D eigenvalue weighted by Crippen LogP contribution is -2.62. The van der Waals surface area contributed by atoms with E-state index in [2.05, 4.69) is 10.6 Å². The molecule has 2 unspecified atom stereocenters. The molecule has 7 atom stereocenters. The predicted octanol–water partition coefficient (Wildman–Crippen LogP) is -0.0126. The molecule has 0 aromatic carbocycles. The number of β-lactam (4-membered cyclic amide) rings is 1. The summed E-state index contributed by atoms with van der Waals surface area (Å²) in [6.07, 6.45) is 2.32. The number of carbonyl (C=O) groups is 4. The number of ketones is 1. The minimum Gasteiger partial charge on any atom is -0.477 e. The fraction of sp³-hybridized carbons (Fsp3) is 0.760. The van der Waals surface area contributed by atoms with Crippen LogP contribution in [0.3, 0.4) is 0 Å². The molecule has 11 heteroatoms.